The number of carbonyl (C=O) groups is 11. The molecule has 1 aromatic heterocycles. The number of carbonyl (C=O) groups excluding carboxylic acids is 11. The molecule has 0 unspecified atom stereocenters. The summed E-state index contributed by atoms with van der Waals surface area (Å²) in [6.45, 7) is 1.08. The van der Waals surface area contributed by atoms with Crippen LogP contribution in [0.1, 0.15) is 107 Å². The Morgan fingerprint density at radius 1 is 0.691 bits per heavy atom. The third kappa shape index (κ3) is 21.8. The standard InChI is InChI=1S/C53H71F3N14O11/c1-28(71)66-39(13-7-21-64-52(61)62)48(79)68-40-17-15-34(73)26-33(72)14-16-38(46(58)77)67-47(78)31(22-32-27-65-37-12-5-3-10-35(32)37)25-43(74)30(9-6-20-63-51(59)60)24-44(75)42(23-29-8-2-4-11-36(29)53(54,55)56)70-50(81)41(69-49(40)80)18-19-45(57)76/h2-5,8,10-12,27,30-31,38-42,65H,6-7,9,13-26H2,1H3,(H2,57,76)(H2,58,77)(H,66,71)(H,67,78)(H,68,79)(H,69,80)(H,70,81)(H4,59,60,63)(H4,61,62,64)/t30-,31-,38+,39+,40+,41+,42-/m1/s1. The van der Waals surface area contributed by atoms with Gasteiger partial charge in [-0.25, -0.2) is 0 Å². The van der Waals surface area contributed by atoms with Gasteiger partial charge in [0.2, 0.25) is 41.4 Å². The molecule has 25 nitrogen and oxygen atoms in total. The highest BCUT2D eigenvalue weighted by Gasteiger charge is 2.38. The number of aliphatic imine (C=N–C) groups is 2. The van der Waals surface area contributed by atoms with Crippen LogP contribution in [0.5, 0.6) is 0 Å². The number of amides is 7. The molecule has 4 rings (SSSR count). The molecule has 3 aromatic rings. The van der Waals surface area contributed by atoms with E-state index >= 15 is 0 Å². The van der Waals surface area contributed by atoms with E-state index in [1.54, 1.807) is 30.5 Å². The molecule has 7 amide bonds. The van der Waals surface area contributed by atoms with Crippen LogP contribution in [-0.4, -0.2) is 125 Å². The number of nitrogens with one attached hydrogen (secondary N) is 6. The van der Waals surface area contributed by atoms with Gasteiger partial charge in [0.05, 0.1) is 18.0 Å². The second-order valence-corrected chi connectivity index (χ2v) is 19.8. The zero-order valence-electron chi connectivity index (χ0n) is 44.7. The highest BCUT2D eigenvalue weighted by atomic mass is 19.4. The molecule has 0 radical (unpaired) electrons. The lowest BCUT2D eigenvalue weighted by Gasteiger charge is -2.27. The summed E-state index contributed by atoms with van der Waals surface area (Å²) in [7, 11) is 0. The quantitative estimate of drug-likeness (QED) is 0.0312. The van der Waals surface area contributed by atoms with Gasteiger partial charge in [0.25, 0.3) is 0 Å². The van der Waals surface area contributed by atoms with E-state index in [9.17, 15) is 65.9 Å². The molecular formula is C53H71F3N14O11. The Hall–Kier alpha value is -8.72. The van der Waals surface area contributed by atoms with Crippen molar-refractivity contribution in [2.24, 2.45) is 56.2 Å². The fraction of sp³-hybridized carbons (Fsp3) is 0.491. The molecule has 1 aliphatic heterocycles. The Labute approximate surface area is 463 Å². The first-order valence-electron chi connectivity index (χ1n) is 26.2. The van der Waals surface area contributed by atoms with Crippen LogP contribution in [0.2, 0.25) is 0 Å². The number of guanidine groups is 2. The number of nitrogens with zero attached hydrogens (tertiary/aromatic N) is 2. The van der Waals surface area contributed by atoms with Crippen molar-refractivity contribution in [1.29, 1.82) is 0 Å². The van der Waals surface area contributed by atoms with Crippen molar-refractivity contribution >= 4 is 87.3 Å². The summed E-state index contributed by atoms with van der Waals surface area (Å²) in [4.78, 5) is 162. The lowest BCUT2D eigenvalue weighted by atomic mass is 9.83. The minimum atomic E-state index is -4.97. The number of aromatic amines is 1. The highest BCUT2D eigenvalue weighted by molar-refractivity contribution is 6.01. The minimum absolute atomic E-state index is 0.0232. The van der Waals surface area contributed by atoms with E-state index < -0.39 is 188 Å². The van der Waals surface area contributed by atoms with Crippen LogP contribution in [-0.2, 0) is 71.8 Å². The van der Waals surface area contributed by atoms with Crippen molar-refractivity contribution in [3.63, 3.8) is 0 Å². The molecule has 0 spiro atoms. The number of para-hydroxylation sites is 1. The number of nitrogens with two attached hydrogens (primary N) is 6. The van der Waals surface area contributed by atoms with E-state index in [0.717, 1.165) is 25.1 Å². The van der Waals surface area contributed by atoms with Gasteiger partial charge >= 0.3 is 6.18 Å². The average molecular weight is 1140 g/mol. The number of ketones is 4. The minimum Gasteiger partial charge on any atom is -0.370 e. The number of hydrogen-bond donors (Lipinski definition) is 12. The number of fused-ring (bicyclic) bond motifs is 1. The number of benzene rings is 2. The number of alkyl halides is 3. The third-order valence-electron chi connectivity index (χ3n) is 13.4. The first kappa shape index (κ1) is 64.8. The Balaban J connectivity index is 1.87. The maximum absolute atomic E-state index is 14.8. The number of H-pyrrole nitrogens is 1. The van der Waals surface area contributed by atoms with Crippen LogP contribution in [0.3, 0.4) is 0 Å². The lowest BCUT2D eigenvalue weighted by molar-refractivity contribution is -0.139. The molecule has 7 atom stereocenters. The molecule has 81 heavy (non-hydrogen) atoms. The van der Waals surface area contributed by atoms with Crippen molar-refractivity contribution in [2.75, 3.05) is 13.1 Å². The van der Waals surface area contributed by atoms with Crippen LogP contribution >= 0.6 is 0 Å². The topological polar surface area (TPSA) is 445 Å². The predicted molar refractivity (Wildman–Crippen MR) is 289 cm³/mol. The molecule has 0 aliphatic carbocycles. The number of primary amides is 2. The van der Waals surface area contributed by atoms with E-state index in [-0.39, 0.29) is 57.1 Å². The zero-order chi connectivity index (χ0) is 60.0. The highest BCUT2D eigenvalue weighted by Crippen LogP contribution is 2.33. The number of aromatic nitrogens is 1. The number of hydrogen-bond acceptors (Lipinski definition) is 13. The largest absolute Gasteiger partial charge is 0.416 e. The van der Waals surface area contributed by atoms with Crippen molar-refractivity contribution in [3.8, 4) is 0 Å². The average Bonchev–Trinajstić information content (AvgIpc) is 3.83. The maximum Gasteiger partial charge on any atom is 0.416 e. The molecule has 18 N–H and O–H groups in total. The van der Waals surface area contributed by atoms with Crippen molar-refractivity contribution in [2.45, 2.75) is 140 Å². The van der Waals surface area contributed by atoms with Crippen molar-refractivity contribution < 1.29 is 65.9 Å². The number of Topliss-reactive ketones (excluding diaryl/α,β-unsaturated/α-hetero) is 4. The second kappa shape index (κ2) is 31.2. The zero-order valence-corrected chi connectivity index (χ0v) is 44.7. The molecule has 2 heterocycles. The van der Waals surface area contributed by atoms with Crippen molar-refractivity contribution in [1.82, 2.24) is 31.6 Å². The molecule has 0 bridgehead atoms. The Bertz CT molecular complexity index is 2850. The Morgan fingerprint density at radius 2 is 1.31 bits per heavy atom. The number of halogens is 3. The fourth-order valence-corrected chi connectivity index (χ4v) is 9.22. The van der Waals surface area contributed by atoms with Gasteiger partial charge in [-0.3, -0.25) is 62.7 Å². The summed E-state index contributed by atoms with van der Waals surface area (Å²) in [5.41, 5.74) is 32.7. The first-order valence-corrected chi connectivity index (χ1v) is 26.2. The molecule has 440 valence electrons. The van der Waals surface area contributed by atoms with Gasteiger partial charge in [0.1, 0.15) is 41.5 Å². The van der Waals surface area contributed by atoms with E-state index in [1.165, 1.54) is 6.07 Å². The summed E-state index contributed by atoms with van der Waals surface area (Å²) < 4.78 is 43.7. The van der Waals surface area contributed by atoms with Gasteiger partial charge in [-0.15, -0.1) is 0 Å². The second-order valence-electron chi connectivity index (χ2n) is 19.8. The molecule has 1 aliphatic rings. The Morgan fingerprint density at radius 3 is 1.95 bits per heavy atom. The van der Waals surface area contributed by atoms with Crippen LogP contribution in [0.25, 0.3) is 10.9 Å². The van der Waals surface area contributed by atoms with Crippen LogP contribution in [0.15, 0.2) is 64.7 Å². The molecule has 1 fully saturated rings. The monoisotopic (exact) mass is 1140 g/mol. The molecule has 0 saturated carbocycles. The summed E-state index contributed by atoms with van der Waals surface area (Å²) in [5.74, 6) is -13.3. The summed E-state index contributed by atoms with van der Waals surface area (Å²) in [5, 5.41) is 12.9. The Kier molecular flexibility index (Phi) is 24.9. The van der Waals surface area contributed by atoms with Crippen LogP contribution in [0.4, 0.5) is 13.2 Å². The molecule has 1 saturated heterocycles. The third-order valence-corrected chi connectivity index (χ3v) is 13.4. The van der Waals surface area contributed by atoms with E-state index in [4.69, 9.17) is 34.4 Å². The summed E-state index contributed by atoms with van der Waals surface area (Å²) in [6.07, 6.45) is -9.66. The van der Waals surface area contributed by atoms with Crippen LogP contribution < -0.4 is 61.0 Å². The predicted octanol–water partition coefficient (Wildman–Crippen LogP) is -0.473. The van der Waals surface area contributed by atoms with Crippen LogP contribution in [0, 0.1) is 11.8 Å². The summed E-state index contributed by atoms with van der Waals surface area (Å²) >= 11 is 0. The van der Waals surface area contributed by atoms with Gasteiger partial charge < -0.3 is 66.0 Å². The SMILES string of the molecule is CC(=O)N[C@@H](CCCN=C(N)N)C(=O)N[C@H]1CCC(=O)CC(=O)CC[C@@H](C(N)=O)NC(=O)[C@H](Cc2c[nH]c3ccccc23)CC(=O)[C@H](CCCN=C(N)N)CC(=O)[C@@H](Cc2ccccc2C(F)(F)F)NC(=O)[C@H](CCC(N)=O)NC1=O. The first-order chi connectivity index (χ1) is 38.2. The lowest BCUT2D eigenvalue weighted by Crippen LogP contribution is -2.58. The molecular weight excluding hydrogens is 1070 g/mol. The molecule has 2 aromatic carbocycles. The maximum atomic E-state index is 14.8. The molecule has 28 heteroatoms. The van der Waals surface area contributed by atoms with Gasteiger partial charge in [0.15, 0.2) is 17.7 Å². The van der Waals surface area contributed by atoms with E-state index in [2.05, 4.69) is 41.6 Å². The van der Waals surface area contributed by atoms with Gasteiger partial charge in [0, 0.05) is 87.5 Å². The van der Waals surface area contributed by atoms with Gasteiger partial charge in [-0.2, -0.15) is 13.2 Å². The van der Waals surface area contributed by atoms with Crippen molar-refractivity contribution in [3.05, 3.63) is 71.4 Å². The van der Waals surface area contributed by atoms with E-state index in [1.807, 2.05) is 0 Å². The van der Waals surface area contributed by atoms with Gasteiger partial charge in [-0.1, -0.05) is 36.4 Å². The fourth-order valence-electron chi connectivity index (χ4n) is 9.22. The van der Waals surface area contributed by atoms with E-state index in [0.29, 0.717) is 16.5 Å². The normalized spacial score (nSPS) is 20.9. The van der Waals surface area contributed by atoms with Gasteiger partial charge in [-0.05, 0) is 74.6 Å². The number of rotatable bonds is 19. The summed E-state index contributed by atoms with van der Waals surface area (Å²) in [6, 6.07) is 2.91. The smallest absolute Gasteiger partial charge is 0.370 e.